The van der Waals surface area contributed by atoms with Gasteiger partial charge in [0.1, 0.15) is 11.9 Å². The first kappa shape index (κ1) is 41.8. The average molecular weight is 834 g/mol. The summed E-state index contributed by atoms with van der Waals surface area (Å²) in [6, 6.07) is 10.4. The van der Waals surface area contributed by atoms with Crippen molar-refractivity contribution >= 4 is 17.8 Å². The van der Waals surface area contributed by atoms with Gasteiger partial charge in [-0.15, -0.1) is 0 Å². The number of carboxylic acids is 1. The van der Waals surface area contributed by atoms with Gasteiger partial charge >= 0.3 is 11.9 Å². The van der Waals surface area contributed by atoms with Crippen LogP contribution in [0.1, 0.15) is 163 Å². The number of aromatic amines is 1. The number of nitrogens with one attached hydrogen (secondary N) is 1. The van der Waals surface area contributed by atoms with Crippen LogP contribution in [0.2, 0.25) is 0 Å². The van der Waals surface area contributed by atoms with E-state index < -0.39 is 17.3 Å². The highest BCUT2D eigenvalue weighted by molar-refractivity contribution is 5.84. The van der Waals surface area contributed by atoms with Crippen LogP contribution in [-0.4, -0.2) is 57.0 Å². The van der Waals surface area contributed by atoms with E-state index in [1.165, 1.54) is 38.5 Å². The van der Waals surface area contributed by atoms with Crippen molar-refractivity contribution in [2.24, 2.45) is 79.3 Å². The highest BCUT2D eigenvalue weighted by atomic mass is 16.5. The Labute approximate surface area is 365 Å². The smallest absolute Gasteiger partial charge is 0.309 e. The molecule has 2 aromatic rings. The zero-order valence-electron chi connectivity index (χ0n) is 38.7. The first-order valence-electron chi connectivity index (χ1n) is 24.6. The molecule has 1 aromatic carbocycles. The molecule has 1 aromatic heterocycles. The maximum Gasteiger partial charge on any atom is 0.309 e. The van der Waals surface area contributed by atoms with Crippen LogP contribution >= 0.6 is 0 Å². The number of carboxylic acid groups (broad SMARTS) is 1. The molecule has 0 unspecified atom stereocenters. The fraction of sp³-hybridized carbons (Fsp3) is 0.774. The lowest BCUT2D eigenvalue weighted by Gasteiger charge is -2.73. The molecule has 1 amide bonds. The van der Waals surface area contributed by atoms with E-state index >= 15 is 4.79 Å². The van der Waals surface area contributed by atoms with Crippen molar-refractivity contribution in [3.63, 3.8) is 0 Å². The predicted molar refractivity (Wildman–Crippen MR) is 237 cm³/mol. The molecule has 2 heterocycles. The van der Waals surface area contributed by atoms with Crippen LogP contribution in [-0.2, 0) is 19.1 Å². The topological polar surface area (TPSA) is 113 Å². The average Bonchev–Trinajstić information content (AvgIpc) is 3.58. The molecule has 1 saturated heterocycles. The van der Waals surface area contributed by atoms with Crippen LogP contribution in [0.15, 0.2) is 36.5 Å². The van der Waals surface area contributed by atoms with Gasteiger partial charge in [-0.2, -0.15) is 0 Å². The third-order valence-electron chi connectivity index (χ3n) is 21.7. The van der Waals surface area contributed by atoms with Gasteiger partial charge in [-0.3, -0.25) is 14.4 Å². The number of likely N-dealkylation sites (tertiary alicyclic amines) is 1. The van der Waals surface area contributed by atoms with E-state index in [0.29, 0.717) is 53.3 Å². The molecule has 0 radical (unpaired) electrons. The van der Waals surface area contributed by atoms with Crippen molar-refractivity contribution in [1.29, 1.82) is 0 Å². The first-order valence-corrected chi connectivity index (χ1v) is 24.6. The SMILES string of the molecule is CC1([C@@H]2CC[C@]3(C(=O)N4CCC(c5ncc(-c6ccccc6)[nH]5)CC4)CC[C@]4(C)[C@H](CC[C@@H]5[C@@]6(C)CC[C@H](OC(=O)[C@H]7C[C@@H](C(=O)O)C7(C)C)C(C)(C)[C@@H]6CC[C@]54C)[C@@H]23)CC1. The summed E-state index contributed by atoms with van der Waals surface area (Å²) >= 11 is 0. The molecule has 8 fully saturated rings. The van der Waals surface area contributed by atoms with Crippen molar-refractivity contribution in [3.8, 4) is 11.3 Å². The number of amides is 1. The molecular weight excluding hydrogens is 759 g/mol. The van der Waals surface area contributed by atoms with Crippen LogP contribution < -0.4 is 0 Å². The van der Waals surface area contributed by atoms with Crippen molar-refractivity contribution in [2.75, 3.05) is 13.1 Å². The lowest BCUT2D eigenvalue weighted by molar-refractivity contribution is -0.253. The number of benzene rings is 1. The Hall–Kier alpha value is -3.16. The molecule has 7 aliphatic carbocycles. The van der Waals surface area contributed by atoms with E-state index in [1.54, 1.807) is 0 Å². The molecule has 10 rings (SSSR count). The van der Waals surface area contributed by atoms with Gasteiger partial charge < -0.3 is 19.7 Å². The number of imidazole rings is 1. The molecule has 2 N–H and O–H groups in total. The molecule has 0 spiro atoms. The highest BCUT2D eigenvalue weighted by Gasteiger charge is 2.74. The third kappa shape index (κ3) is 5.93. The Balaban J connectivity index is 0.869. The number of piperidine rings is 1. The van der Waals surface area contributed by atoms with Gasteiger partial charge in [0.2, 0.25) is 5.91 Å². The van der Waals surface area contributed by atoms with Crippen LogP contribution in [0, 0.1) is 79.3 Å². The van der Waals surface area contributed by atoms with Gasteiger partial charge in [-0.05, 0) is 159 Å². The monoisotopic (exact) mass is 834 g/mol. The minimum atomic E-state index is -0.809. The highest BCUT2D eigenvalue weighted by Crippen LogP contribution is 2.79. The molecule has 8 aliphatic rings. The Kier molecular flexibility index (Phi) is 9.54. The summed E-state index contributed by atoms with van der Waals surface area (Å²) < 4.78 is 6.49. The third-order valence-corrected chi connectivity index (χ3v) is 21.7. The maximum absolute atomic E-state index is 15.4. The maximum atomic E-state index is 15.4. The Morgan fingerprint density at radius 1 is 0.721 bits per heavy atom. The molecule has 8 heteroatoms. The fourth-order valence-corrected chi connectivity index (χ4v) is 17.4. The summed E-state index contributed by atoms with van der Waals surface area (Å²) in [5.41, 5.74) is 2.16. The Morgan fingerprint density at radius 3 is 2.11 bits per heavy atom. The fourth-order valence-electron chi connectivity index (χ4n) is 17.4. The lowest BCUT2D eigenvalue weighted by atomic mass is 9.32. The summed E-state index contributed by atoms with van der Waals surface area (Å²) in [6.45, 7) is 20.8. The molecule has 0 bridgehead atoms. The zero-order chi connectivity index (χ0) is 43.1. The number of hydrogen-bond donors (Lipinski definition) is 2. The number of aromatic nitrogens is 2. The molecule has 8 nitrogen and oxygen atoms in total. The van der Waals surface area contributed by atoms with Gasteiger partial charge in [0.15, 0.2) is 0 Å². The summed E-state index contributed by atoms with van der Waals surface area (Å²) in [4.78, 5) is 51.8. The van der Waals surface area contributed by atoms with Crippen LogP contribution in [0.4, 0.5) is 0 Å². The van der Waals surface area contributed by atoms with Gasteiger partial charge in [-0.1, -0.05) is 85.7 Å². The largest absolute Gasteiger partial charge is 0.481 e. The minimum Gasteiger partial charge on any atom is -0.481 e. The van der Waals surface area contributed by atoms with Crippen molar-refractivity contribution < 1.29 is 24.2 Å². The van der Waals surface area contributed by atoms with E-state index in [4.69, 9.17) is 9.72 Å². The molecule has 1 aliphatic heterocycles. The van der Waals surface area contributed by atoms with E-state index in [0.717, 1.165) is 81.5 Å². The molecule has 12 atom stereocenters. The normalized spacial score (nSPS) is 43.1. The Morgan fingerprint density at radius 2 is 1.44 bits per heavy atom. The second-order valence-corrected chi connectivity index (χ2v) is 24.6. The lowest BCUT2D eigenvalue weighted by Crippen LogP contribution is -2.68. The molecule has 61 heavy (non-hydrogen) atoms. The summed E-state index contributed by atoms with van der Waals surface area (Å²) in [6.07, 6.45) is 18.0. The number of carbonyl (C=O) groups excluding carboxylic acids is 2. The van der Waals surface area contributed by atoms with E-state index in [9.17, 15) is 14.7 Å². The van der Waals surface area contributed by atoms with Gasteiger partial charge in [0, 0.05) is 24.4 Å². The van der Waals surface area contributed by atoms with E-state index in [1.807, 2.05) is 26.1 Å². The first-order chi connectivity index (χ1) is 28.8. The standard InChI is InChI=1S/C53H75N3O5/c1-47(2)36(44(57)58)30-37(47)45(59)61-41-18-21-50(6)39(48(41,3)4)17-22-52(8)40(50)15-14-35-42-34(49(5)24-25-49)16-23-53(42,27-26-51(35,52)7)46(60)56-28-19-33(20-29-56)43-54-31-38(55-43)32-12-10-9-11-13-32/h9-13,31,33-37,39-42H,14-30H2,1-8H3,(H,54,55)(H,57,58)/t34-,35-,36+,37-,39+,40-,41+,42-,50+,51-,52-,53+/m1/s1. The number of nitrogens with zero attached hydrogens (tertiary/aromatic N) is 2. The summed E-state index contributed by atoms with van der Waals surface area (Å²) in [5, 5.41) is 9.72. The van der Waals surface area contributed by atoms with Gasteiger partial charge in [0.05, 0.1) is 29.1 Å². The zero-order valence-corrected chi connectivity index (χ0v) is 38.7. The molecular formula is C53H75N3O5. The van der Waals surface area contributed by atoms with Gasteiger partial charge in [-0.25, -0.2) is 4.98 Å². The van der Waals surface area contributed by atoms with Crippen molar-refractivity contribution in [3.05, 3.63) is 42.4 Å². The number of aliphatic carboxylic acids is 1. The van der Waals surface area contributed by atoms with Crippen LogP contribution in [0.3, 0.4) is 0 Å². The van der Waals surface area contributed by atoms with Gasteiger partial charge in [0.25, 0.3) is 0 Å². The number of H-pyrrole nitrogens is 1. The summed E-state index contributed by atoms with van der Waals surface area (Å²) in [5.74, 6) is 2.80. The van der Waals surface area contributed by atoms with Crippen molar-refractivity contribution in [1.82, 2.24) is 14.9 Å². The summed E-state index contributed by atoms with van der Waals surface area (Å²) in [7, 11) is 0. The van der Waals surface area contributed by atoms with Crippen molar-refractivity contribution in [2.45, 2.75) is 164 Å². The molecule has 7 saturated carbocycles. The molecule has 332 valence electrons. The number of ether oxygens (including phenoxy) is 1. The second kappa shape index (κ2) is 13.9. The number of hydrogen-bond acceptors (Lipinski definition) is 5. The number of esters is 1. The number of rotatable bonds is 7. The van der Waals surface area contributed by atoms with Crippen LogP contribution in [0.25, 0.3) is 11.3 Å². The number of fused-ring (bicyclic) bond motifs is 7. The van der Waals surface area contributed by atoms with Crippen LogP contribution in [0.5, 0.6) is 0 Å². The van der Waals surface area contributed by atoms with E-state index in [2.05, 4.69) is 75.7 Å². The second-order valence-electron chi connectivity index (χ2n) is 24.6. The Bertz CT molecular complexity index is 2060. The minimum absolute atomic E-state index is 0.148. The van der Waals surface area contributed by atoms with E-state index in [-0.39, 0.29) is 45.1 Å². The number of carbonyl (C=O) groups is 3. The quantitative estimate of drug-likeness (QED) is 0.269. The predicted octanol–water partition coefficient (Wildman–Crippen LogP) is 11.3.